The average molecular weight is 420 g/mol. The molecule has 1 amide bonds. The van der Waals surface area contributed by atoms with Crippen molar-refractivity contribution in [3.05, 3.63) is 51.7 Å². The number of hydrogen-bond donors (Lipinski definition) is 1. The topological polar surface area (TPSA) is 50.2 Å². The standard InChI is InChI=1S/C15H16BrClN4O.ClH/c16-12-7-19-20(9-12)10-15(22)21-5-4-18-8-14(21)11-2-1-3-13(17)6-11;/h1-3,6-7,9,14,18H,4-5,8,10H2;1H. The van der Waals surface area contributed by atoms with Gasteiger partial charge in [-0.3, -0.25) is 9.48 Å². The number of aromatic nitrogens is 2. The molecule has 1 aromatic carbocycles. The SMILES string of the molecule is Cl.O=C(Cn1cc(Br)cn1)N1CCNCC1c1cccc(Cl)c1. The number of rotatable bonds is 3. The molecule has 0 radical (unpaired) electrons. The van der Waals surface area contributed by atoms with Crippen LogP contribution in [0.25, 0.3) is 0 Å². The van der Waals surface area contributed by atoms with Crippen LogP contribution in [0.4, 0.5) is 0 Å². The second-order valence-corrected chi connectivity index (χ2v) is 6.57. The van der Waals surface area contributed by atoms with Crippen LogP contribution >= 0.6 is 39.9 Å². The first-order valence-corrected chi connectivity index (χ1v) is 8.24. The van der Waals surface area contributed by atoms with Gasteiger partial charge in [0.15, 0.2) is 0 Å². The van der Waals surface area contributed by atoms with E-state index in [9.17, 15) is 4.79 Å². The molecule has 1 aliphatic rings. The predicted octanol–water partition coefficient (Wildman–Crippen LogP) is 2.89. The van der Waals surface area contributed by atoms with Gasteiger partial charge in [0.2, 0.25) is 5.91 Å². The molecule has 124 valence electrons. The smallest absolute Gasteiger partial charge is 0.244 e. The highest BCUT2D eigenvalue weighted by atomic mass is 79.9. The molecule has 23 heavy (non-hydrogen) atoms. The molecule has 1 atom stereocenters. The molecule has 3 rings (SSSR count). The van der Waals surface area contributed by atoms with Crippen molar-refractivity contribution in [2.45, 2.75) is 12.6 Å². The van der Waals surface area contributed by atoms with E-state index in [2.05, 4.69) is 26.3 Å². The first-order valence-electron chi connectivity index (χ1n) is 7.07. The van der Waals surface area contributed by atoms with Gasteiger partial charge in [0, 0.05) is 30.9 Å². The third-order valence-electron chi connectivity index (χ3n) is 3.70. The van der Waals surface area contributed by atoms with E-state index in [1.54, 1.807) is 17.1 Å². The van der Waals surface area contributed by atoms with E-state index in [4.69, 9.17) is 11.6 Å². The number of halogens is 3. The van der Waals surface area contributed by atoms with Crippen molar-refractivity contribution in [2.75, 3.05) is 19.6 Å². The van der Waals surface area contributed by atoms with Crippen LogP contribution in [0.3, 0.4) is 0 Å². The molecule has 1 unspecified atom stereocenters. The van der Waals surface area contributed by atoms with Gasteiger partial charge >= 0.3 is 0 Å². The molecule has 1 aliphatic heterocycles. The van der Waals surface area contributed by atoms with Crippen molar-refractivity contribution in [3.63, 3.8) is 0 Å². The van der Waals surface area contributed by atoms with Crippen molar-refractivity contribution >= 4 is 45.8 Å². The number of nitrogens with one attached hydrogen (secondary N) is 1. The van der Waals surface area contributed by atoms with Gasteiger partial charge in [-0.05, 0) is 33.6 Å². The molecule has 1 aromatic heterocycles. The lowest BCUT2D eigenvalue weighted by molar-refractivity contribution is -0.135. The summed E-state index contributed by atoms with van der Waals surface area (Å²) in [6, 6.07) is 7.69. The van der Waals surface area contributed by atoms with Gasteiger partial charge in [-0.25, -0.2) is 0 Å². The zero-order valence-electron chi connectivity index (χ0n) is 12.3. The lowest BCUT2D eigenvalue weighted by Gasteiger charge is -2.36. The second-order valence-electron chi connectivity index (χ2n) is 5.22. The largest absolute Gasteiger partial charge is 0.331 e. The number of carbonyl (C=O) groups excluding carboxylic acids is 1. The lowest BCUT2D eigenvalue weighted by atomic mass is 10.0. The van der Waals surface area contributed by atoms with Crippen molar-refractivity contribution in [2.24, 2.45) is 0 Å². The number of hydrogen-bond acceptors (Lipinski definition) is 3. The minimum Gasteiger partial charge on any atom is -0.331 e. The van der Waals surface area contributed by atoms with E-state index in [0.717, 1.165) is 23.1 Å². The molecule has 0 aliphatic carbocycles. The molecule has 2 heterocycles. The predicted molar refractivity (Wildman–Crippen MR) is 96.0 cm³/mol. The van der Waals surface area contributed by atoms with Crippen LogP contribution in [0.5, 0.6) is 0 Å². The van der Waals surface area contributed by atoms with E-state index < -0.39 is 0 Å². The number of nitrogens with zero attached hydrogens (tertiary/aromatic N) is 3. The normalized spacial score (nSPS) is 17.7. The fourth-order valence-corrected chi connectivity index (χ4v) is 3.20. The molecule has 8 heteroatoms. The Labute approximate surface area is 154 Å². The first kappa shape index (κ1) is 18.3. The van der Waals surface area contributed by atoms with Gasteiger partial charge in [-0.2, -0.15) is 5.10 Å². The minimum absolute atomic E-state index is 0. The maximum Gasteiger partial charge on any atom is 0.244 e. The summed E-state index contributed by atoms with van der Waals surface area (Å²) >= 11 is 9.42. The summed E-state index contributed by atoms with van der Waals surface area (Å²) in [6.07, 6.45) is 3.48. The summed E-state index contributed by atoms with van der Waals surface area (Å²) in [5, 5.41) is 8.17. The van der Waals surface area contributed by atoms with Gasteiger partial charge < -0.3 is 10.2 Å². The molecule has 1 fully saturated rings. The van der Waals surface area contributed by atoms with Crippen LogP contribution in [0.1, 0.15) is 11.6 Å². The Bertz CT molecular complexity index is 679. The monoisotopic (exact) mass is 418 g/mol. The molecule has 0 saturated carbocycles. The fraction of sp³-hybridized carbons (Fsp3) is 0.333. The van der Waals surface area contributed by atoms with E-state index in [-0.39, 0.29) is 30.9 Å². The van der Waals surface area contributed by atoms with E-state index in [1.165, 1.54) is 0 Å². The maximum absolute atomic E-state index is 12.6. The Morgan fingerprint density at radius 2 is 2.30 bits per heavy atom. The molecule has 0 spiro atoms. The minimum atomic E-state index is -0.000970. The maximum atomic E-state index is 12.6. The van der Waals surface area contributed by atoms with E-state index >= 15 is 0 Å². The third-order valence-corrected chi connectivity index (χ3v) is 4.34. The molecule has 5 nitrogen and oxygen atoms in total. The van der Waals surface area contributed by atoms with Crippen LogP contribution in [0.15, 0.2) is 41.1 Å². The lowest BCUT2D eigenvalue weighted by Crippen LogP contribution is -2.49. The van der Waals surface area contributed by atoms with Crippen molar-refractivity contribution in [1.82, 2.24) is 20.0 Å². The number of amides is 1. The van der Waals surface area contributed by atoms with Crippen LogP contribution in [-0.4, -0.2) is 40.2 Å². The Hall–Kier alpha value is -1.08. The van der Waals surface area contributed by atoms with Crippen molar-refractivity contribution < 1.29 is 4.79 Å². The third kappa shape index (κ3) is 4.47. The summed E-state index contributed by atoms with van der Waals surface area (Å²) in [7, 11) is 0. The number of carbonyl (C=O) groups is 1. The van der Waals surface area contributed by atoms with Crippen molar-refractivity contribution in [1.29, 1.82) is 0 Å². The first-order chi connectivity index (χ1) is 10.6. The molecule has 1 N–H and O–H groups in total. The van der Waals surface area contributed by atoms with Gasteiger partial charge in [0.05, 0.1) is 16.7 Å². The highest BCUT2D eigenvalue weighted by Gasteiger charge is 2.28. The summed E-state index contributed by atoms with van der Waals surface area (Å²) in [5.74, 6) is 0.0575. The Kier molecular flexibility index (Phi) is 6.47. The molecule has 2 aromatic rings. The van der Waals surface area contributed by atoms with Gasteiger partial charge in [-0.15, -0.1) is 12.4 Å². The van der Waals surface area contributed by atoms with Crippen LogP contribution in [0, 0.1) is 0 Å². The quantitative estimate of drug-likeness (QED) is 0.831. The van der Waals surface area contributed by atoms with E-state index in [0.29, 0.717) is 11.6 Å². The van der Waals surface area contributed by atoms with Gasteiger partial charge in [0.25, 0.3) is 0 Å². The summed E-state index contributed by atoms with van der Waals surface area (Å²) in [5.41, 5.74) is 1.05. The molecular formula is C15H17BrCl2N4O. The van der Waals surface area contributed by atoms with Crippen molar-refractivity contribution in [3.8, 4) is 0 Å². The van der Waals surface area contributed by atoms with E-state index in [1.807, 2.05) is 29.2 Å². The summed E-state index contributed by atoms with van der Waals surface area (Å²) in [4.78, 5) is 14.5. The zero-order valence-corrected chi connectivity index (χ0v) is 15.4. The van der Waals surface area contributed by atoms with Crippen LogP contribution < -0.4 is 5.32 Å². The van der Waals surface area contributed by atoms with Gasteiger partial charge in [-0.1, -0.05) is 23.7 Å². The number of piperazine rings is 1. The Morgan fingerprint density at radius 1 is 1.48 bits per heavy atom. The Balaban J connectivity index is 0.00000192. The second kappa shape index (κ2) is 8.15. The zero-order chi connectivity index (χ0) is 15.5. The summed E-state index contributed by atoms with van der Waals surface area (Å²) in [6.45, 7) is 2.45. The summed E-state index contributed by atoms with van der Waals surface area (Å²) < 4.78 is 2.51. The molecule has 0 bridgehead atoms. The average Bonchev–Trinajstić information content (AvgIpc) is 2.92. The van der Waals surface area contributed by atoms with Gasteiger partial charge in [0.1, 0.15) is 6.54 Å². The number of benzene rings is 1. The van der Waals surface area contributed by atoms with Crippen LogP contribution in [0.2, 0.25) is 5.02 Å². The molecular weight excluding hydrogens is 403 g/mol. The Morgan fingerprint density at radius 3 is 3.00 bits per heavy atom. The van der Waals surface area contributed by atoms with Crippen LogP contribution in [-0.2, 0) is 11.3 Å². The highest BCUT2D eigenvalue weighted by Crippen LogP contribution is 2.25. The highest BCUT2D eigenvalue weighted by molar-refractivity contribution is 9.10. The fourth-order valence-electron chi connectivity index (χ4n) is 2.67. The molecule has 1 saturated heterocycles.